The Morgan fingerprint density at radius 3 is 2.82 bits per heavy atom. The predicted octanol–water partition coefficient (Wildman–Crippen LogP) is 4.26. The molecular formula is C22H25N3O3. The van der Waals surface area contributed by atoms with Gasteiger partial charge in [-0.1, -0.05) is 19.1 Å². The molecule has 1 aliphatic heterocycles. The molecular weight excluding hydrogens is 354 g/mol. The Labute approximate surface area is 164 Å². The fraction of sp³-hybridized carbons (Fsp3) is 0.364. The van der Waals surface area contributed by atoms with E-state index in [-0.39, 0.29) is 12.0 Å². The number of hydrogen-bond donors (Lipinski definition) is 1. The van der Waals surface area contributed by atoms with Crippen molar-refractivity contribution in [1.29, 1.82) is 0 Å². The predicted molar refractivity (Wildman–Crippen MR) is 109 cm³/mol. The number of nitrogens with zero attached hydrogens (tertiary/aromatic N) is 2. The smallest absolute Gasteiger partial charge is 0.257 e. The summed E-state index contributed by atoms with van der Waals surface area (Å²) >= 11 is 0. The average Bonchev–Trinajstić information content (AvgIpc) is 3.36. The van der Waals surface area contributed by atoms with Crippen molar-refractivity contribution >= 4 is 22.9 Å². The number of hydrogen-bond acceptors (Lipinski definition) is 4. The van der Waals surface area contributed by atoms with E-state index < -0.39 is 0 Å². The zero-order chi connectivity index (χ0) is 19.3. The van der Waals surface area contributed by atoms with Gasteiger partial charge in [0.2, 0.25) is 5.95 Å². The maximum atomic E-state index is 12.7. The molecule has 6 heteroatoms. The normalized spacial score (nSPS) is 16.4. The molecule has 6 nitrogen and oxygen atoms in total. The number of carbonyl (C=O) groups excluding carboxylic acids is 1. The monoisotopic (exact) mass is 379 g/mol. The molecule has 0 aliphatic carbocycles. The van der Waals surface area contributed by atoms with Gasteiger partial charge in [-0.2, -0.15) is 0 Å². The topological polar surface area (TPSA) is 65.4 Å². The number of anilines is 1. The molecule has 1 atom stereocenters. The summed E-state index contributed by atoms with van der Waals surface area (Å²) < 4.78 is 13.4. The van der Waals surface area contributed by atoms with Gasteiger partial charge in [0.05, 0.1) is 17.1 Å². The van der Waals surface area contributed by atoms with Gasteiger partial charge in [0.25, 0.3) is 5.91 Å². The van der Waals surface area contributed by atoms with E-state index in [0.717, 1.165) is 49.2 Å². The minimum atomic E-state index is -0.182. The lowest BCUT2D eigenvalue weighted by molar-refractivity contribution is 0.0679. The molecule has 146 valence electrons. The highest BCUT2D eigenvalue weighted by Crippen LogP contribution is 2.21. The lowest BCUT2D eigenvalue weighted by atomic mass is 10.2. The third kappa shape index (κ3) is 4.02. The van der Waals surface area contributed by atoms with Crippen LogP contribution in [0.4, 0.5) is 5.95 Å². The van der Waals surface area contributed by atoms with Gasteiger partial charge in [-0.3, -0.25) is 10.1 Å². The number of fused-ring (bicyclic) bond motifs is 1. The zero-order valence-corrected chi connectivity index (χ0v) is 16.1. The first kappa shape index (κ1) is 18.5. The van der Waals surface area contributed by atoms with E-state index in [1.807, 2.05) is 41.0 Å². The fourth-order valence-electron chi connectivity index (χ4n) is 3.46. The van der Waals surface area contributed by atoms with Crippen LogP contribution in [0.3, 0.4) is 0 Å². The van der Waals surface area contributed by atoms with Crippen LogP contribution in [0.2, 0.25) is 0 Å². The van der Waals surface area contributed by atoms with Crippen molar-refractivity contribution in [3.63, 3.8) is 0 Å². The molecule has 1 unspecified atom stereocenters. The van der Waals surface area contributed by atoms with Crippen LogP contribution in [0.1, 0.15) is 36.5 Å². The largest absolute Gasteiger partial charge is 0.491 e. The first-order valence-electron chi connectivity index (χ1n) is 9.85. The molecule has 2 aromatic carbocycles. The number of benzene rings is 2. The number of aryl methyl sites for hydroxylation is 1. The highest BCUT2D eigenvalue weighted by atomic mass is 16.5. The van der Waals surface area contributed by atoms with E-state index in [4.69, 9.17) is 9.47 Å². The average molecular weight is 379 g/mol. The van der Waals surface area contributed by atoms with Crippen LogP contribution in [0, 0.1) is 0 Å². The third-order valence-electron chi connectivity index (χ3n) is 4.90. The Morgan fingerprint density at radius 2 is 2.07 bits per heavy atom. The van der Waals surface area contributed by atoms with E-state index in [1.165, 1.54) is 0 Å². The molecule has 4 rings (SSSR count). The Morgan fingerprint density at radius 1 is 1.25 bits per heavy atom. The molecule has 0 bridgehead atoms. The number of ether oxygens (including phenoxy) is 2. The molecule has 1 fully saturated rings. The third-order valence-corrected chi connectivity index (χ3v) is 4.90. The van der Waals surface area contributed by atoms with Crippen LogP contribution < -0.4 is 10.1 Å². The molecule has 1 aromatic heterocycles. The van der Waals surface area contributed by atoms with E-state index in [1.54, 1.807) is 12.1 Å². The zero-order valence-electron chi connectivity index (χ0n) is 16.1. The van der Waals surface area contributed by atoms with Crippen LogP contribution in [-0.2, 0) is 11.3 Å². The van der Waals surface area contributed by atoms with Crippen molar-refractivity contribution in [3.05, 3.63) is 54.1 Å². The van der Waals surface area contributed by atoms with Gasteiger partial charge in [-0.05, 0) is 55.7 Å². The highest BCUT2D eigenvalue weighted by molar-refractivity contribution is 6.04. The maximum absolute atomic E-state index is 12.7. The summed E-state index contributed by atoms with van der Waals surface area (Å²) in [7, 11) is 0. The second-order valence-electron chi connectivity index (χ2n) is 7.00. The van der Waals surface area contributed by atoms with Gasteiger partial charge in [0.15, 0.2) is 0 Å². The highest BCUT2D eigenvalue weighted by Gasteiger charge is 2.17. The molecule has 0 radical (unpaired) electrons. The number of rotatable bonds is 7. The van der Waals surface area contributed by atoms with E-state index in [0.29, 0.717) is 18.1 Å². The fourth-order valence-corrected chi connectivity index (χ4v) is 3.46. The van der Waals surface area contributed by atoms with Crippen LogP contribution in [0.25, 0.3) is 11.0 Å². The SMILES string of the molecule is CCCn1c(NC(=O)c2ccc(OCC3CCCO3)cc2)nc2ccccc21. The lowest BCUT2D eigenvalue weighted by Gasteiger charge is -2.12. The summed E-state index contributed by atoms with van der Waals surface area (Å²) in [6.07, 6.45) is 3.27. The minimum absolute atomic E-state index is 0.175. The Kier molecular flexibility index (Phi) is 5.58. The quantitative estimate of drug-likeness (QED) is 0.666. The standard InChI is InChI=1S/C22H25N3O3/c1-2-13-25-20-8-4-3-7-19(20)23-22(25)24-21(26)16-9-11-17(12-10-16)28-15-18-6-5-14-27-18/h3-4,7-12,18H,2,5-6,13-15H2,1H3,(H,23,24,26). The van der Waals surface area contributed by atoms with Crippen LogP contribution in [-0.4, -0.2) is 34.8 Å². The van der Waals surface area contributed by atoms with E-state index in [9.17, 15) is 4.79 Å². The summed E-state index contributed by atoms with van der Waals surface area (Å²) in [5, 5.41) is 2.95. The molecule has 28 heavy (non-hydrogen) atoms. The molecule has 1 amide bonds. The van der Waals surface area contributed by atoms with E-state index >= 15 is 0 Å². The minimum Gasteiger partial charge on any atom is -0.491 e. The molecule has 3 aromatic rings. The number of aromatic nitrogens is 2. The van der Waals surface area contributed by atoms with Crippen molar-refractivity contribution in [2.45, 2.75) is 38.8 Å². The molecule has 1 saturated heterocycles. The Hall–Kier alpha value is -2.86. The number of imidazole rings is 1. The number of amides is 1. The number of carbonyl (C=O) groups is 1. The summed E-state index contributed by atoms with van der Waals surface area (Å²) in [4.78, 5) is 17.3. The molecule has 2 heterocycles. The van der Waals surface area contributed by atoms with Crippen molar-refractivity contribution in [2.24, 2.45) is 0 Å². The van der Waals surface area contributed by atoms with Crippen molar-refractivity contribution in [1.82, 2.24) is 9.55 Å². The summed E-state index contributed by atoms with van der Waals surface area (Å²) in [6, 6.07) is 15.1. The van der Waals surface area contributed by atoms with Gasteiger partial charge < -0.3 is 14.0 Å². The molecule has 0 saturated carbocycles. The number of nitrogens with one attached hydrogen (secondary N) is 1. The Balaban J connectivity index is 1.44. The Bertz CT molecular complexity index is 943. The maximum Gasteiger partial charge on any atom is 0.257 e. The summed E-state index contributed by atoms with van der Waals surface area (Å²) in [5.74, 6) is 1.13. The second kappa shape index (κ2) is 8.44. The van der Waals surface area contributed by atoms with Gasteiger partial charge in [-0.25, -0.2) is 4.98 Å². The van der Waals surface area contributed by atoms with Crippen molar-refractivity contribution in [2.75, 3.05) is 18.5 Å². The molecule has 1 N–H and O–H groups in total. The number of para-hydroxylation sites is 2. The van der Waals surface area contributed by atoms with Crippen LogP contribution in [0.5, 0.6) is 5.75 Å². The summed E-state index contributed by atoms with van der Waals surface area (Å²) in [6.45, 7) is 4.27. The molecule has 0 spiro atoms. The van der Waals surface area contributed by atoms with Crippen LogP contribution in [0.15, 0.2) is 48.5 Å². The van der Waals surface area contributed by atoms with Gasteiger partial charge in [0.1, 0.15) is 12.4 Å². The summed E-state index contributed by atoms with van der Waals surface area (Å²) in [5.41, 5.74) is 2.47. The van der Waals surface area contributed by atoms with Gasteiger partial charge >= 0.3 is 0 Å². The second-order valence-corrected chi connectivity index (χ2v) is 7.00. The first-order valence-corrected chi connectivity index (χ1v) is 9.85. The van der Waals surface area contributed by atoms with Gasteiger partial charge in [0, 0.05) is 18.7 Å². The van der Waals surface area contributed by atoms with Crippen molar-refractivity contribution in [3.8, 4) is 5.75 Å². The van der Waals surface area contributed by atoms with Crippen LogP contribution >= 0.6 is 0 Å². The molecule has 1 aliphatic rings. The lowest BCUT2D eigenvalue weighted by Crippen LogP contribution is -2.17. The van der Waals surface area contributed by atoms with Crippen molar-refractivity contribution < 1.29 is 14.3 Å². The van der Waals surface area contributed by atoms with Gasteiger partial charge in [-0.15, -0.1) is 0 Å². The van der Waals surface area contributed by atoms with E-state index in [2.05, 4.69) is 17.2 Å². The first-order chi connectivity index (χ1) is 13.7.